The first kappa shape index (κ1) is 16.9. The van der Waals surface area contributed by atoms with Gasteiger partial charge in [-0.15, -0.1) is 10.2 Å². The molecule has 9 heteroatoms. The highest BCUT2D eigenvalue weighted by Crippen LogP contribution is 2.23. The van der Waals surface area contributed by atoms with Crippen LogP contribution in [0.25, 0.3) is 0 Å². The van der Waals surface area contributed by atoms with Crippen molar-refractivity contribution in [2.24, 2.45) is 5.73 Å². The minimum atomic E-state index is -2.88. The average Bonchev–Trinajstić information content (AvgIpc) is 2.49. The van der Waals surface area contributed by atoms with Crippen LogP contribution in [-0.4, -0.2) is 22.7 Å². The van der Waals surface area contributed by atoms with E-state index >= 15 is 0 Å². The van der Waals surface area contributed by atoms with Crippen LogP contribution in [-0.2, 0) is 0 Å². The summed E-state index contributed by atoms with van der Waals surface area (Å²) in [5, 5.41) is 10.5. The molecular weight excluding hydrogens is 330 g/mol. The lowest BCUT2D eigenvalue weighted by molar-refractivity contribution is -0.0498. The summed E-state index contributed by atoms with van der Waals surface area (Å²) in [5.74, 6) is -0.459. The summed E-state index contributed by atoms with van der Waals surface area (Å²) in [6, 6.07) is 7.09. The van der Waals surface area contributed by atoms with Gasteiger partial charge in [-0.05, 0) is 30.7 Å². The third kappa shape index (κ3) is 4.49. The number of carbonyl (C=O) groups excluding carboxylic acids is 1. The molecule has 122 valence electrons. The van der Waals surface area contributed by atoms with E-state index in [4.69, 9.17) is 17.3 Å². The van der Waals surface area contributed by atoms with E-state index in [0.717, 1.165) is 5.56 Å². The third-order valence-corrected chi connectivity index (χ3v) is 3.17. The molecule has 1 aromatic heterocycles. The molecule has 3 N–H and O–H groups in total. The number of anilines is 1. The van der Waals surface area contributed by atoms with Gasteiger partial charge in [0.15, 0.2) is 11.0 Å². The van der Waals surface area contributed by atoms with E-state index < -0.39 is 12.5 Å². The molecule has 0 aliphatic heterocycles. The van der Waals surface area contributed by atoms with Gasteiger partial charge in [0.1, 0.15) is 5.75 Å². The Kier molecular flexibility index (Phi) is 5.28. The molecule has 1 unspecified atom stereocenters. The van der Waals surface area contributed by atoms with Crippen LogP contribution >= 0.6 is 11.6 Å². The van der Waals surface area contributed by atoms with Gasteiger partial charge in [0, 0.05) is 0 Å². The molecule has 1 heterocycles. The molecule has 0 aliphatic carbocycles. The first-order chi connectivity index (χ1) is 10.9. The summed E-state index contributed by atoms with van der Waals surface area (Å²) < 4.78 is 28.5. The fraction of sp³-hybridized carbons (Fsp3) is 0.214. The summed E-state index contributed by atoms with van der Waals surface area (Å²) >= 11 is 5.69. The maximum Gasteiger partial charge on any atom is 0.387 e. The number of amides is 1. The number of halogens is 3. The van der Waals surface area contributed by atoms with Gasteiger partial charge in [-0.25, -0.2) is 0 Å². The van der Waals surface area contributed by atoms with Crippen molar-refractivity contribution in [1.29, 1.82) is 0 Å². The van der Waals surface area contributed by atoms with E-state index in [1.54, 1.807) is 19.1 Å². The Bertz CT molecular complexity index is 698. The molecule has 1 amide bonds. The number of ether oxygens (including phenoxy) is 1. The molecule has 1 atom stereocenters. The topological polar surface area (TPSA) is 90.1 Å². The van der Waals surface area contributed by atoms with Crippen LogP contribution in [0, 0.1) is 0 Å². The fourth-order valence-corrected chi connectivity index (χ4v) is 2.04. The zero-order valence-corrected chi connectivity index (χ0v) is 12.7. The van der Waals surface area contributed by atoms with E-state index in [-0.39, 0.29) is 28.3 Å². The Labute approximate surface area is 135 Å². The van der Waals surface area contributed by atoms with Crippen LogP contribution in [0.2, 0.25) is 5.15 Å². The number of alkyl halides is 2. The van der Waals surface area contributed by atoms with Gasteiger partial charge in [-0.2, -0.15) is 8.78 Å². The quantitative estimate of drug-likeness (QED) is 0.842. The van der Waals surface area contributed by atoms with Gasteiger partial charge >= 0.3 is 6.61 Å². The van der Waals surface area contributed by atoms with Gasteiger partial charge in [-0.1, -0.05) is 23.7 Å². The summed E-state index contributed by atoms with van der Waals surface area (Å²) in [7, 11) is 0. The number of hydrogen-bond donors (Lipinski definition) is 2. The van der Waals surface area contributed by atoms with Gasteiger partial charge in [0.2, 0.25) is 0 Å². The van der Waals surface area contributed by atoms with Gasteiger partial charge in [0.25, 0.3) is 5.91 Å². The molecule has 0 saturated heterocycles. The zero-order chi connectivity index (χ0) is 17.0. The number of carbonyl (C=O) groups is 1. The molecular formula is C14H13ClF2N4O2. The second kappa shape index (κ2) is 7.19. The van der Waals surface area contributed by atoms with Gasteiger partial charge < -0.3 is 15.8 Å². The summed E-state index contributed by atoms with van der Waals surface area (Å²) in [6.07, 6.45) is 0. The first-order valence-electron chi connectivity index (χ1n) is 6.51. The lowest BCUT2D eigenvalue weighted by atomic mass is 10.1. The number of hydrogen-bond acceptors (Lipinski definition) is 5. The van der Waals surface area contributed by atoms with Crippen molar-refractivity contribution in [3.8, 4) is 5.75 Å². The summed E-state index contributed by atoms with van der Waals surface area (Å²) in [6.45, 7) is -1.08. The highest BCUT2D eigenvalue weighted by molar-refractivity contribution is 6.29. The SMILES string of the molecule is CC(Nc1nnc(Cl)cc1C(N)=O)c1ccc(OC(F)F)cc1. The predicted octanol–water partition coefficient (Wildman–Crippen LogP) is 3.00. The summed E-state index contributed by atoms with van der Waals surface area (Å²) in [4.78, 5) is 11.4. The third-order valence-electron chi connectivity index (χ3n) is 2.99. The lowest BCUT2D eigenvalue weighted by Crippen LogP contribution is -2.18. The van der Waals surface area contributed by atoms with Crippen molar-refractivity contribution >= 4 is 23.3 Å². The molecule has 2 rings (SSSR count). The maximum atomic E-state index is 12.1. The molecule has 6 nitrogen and oxygen atoms in total. The van der Waals surface area contributed by atoms with Crippen LogP contribution in [0.15, 0.2) is 30.3 Å². The Morgan fingerprint density at radius 3 is 2.52 bits per heavy atom. The Hall–Kier alpha value is -2.48. The molecule has 0 aliphatic rings. The highest BCUT2D eigenvalue weighted by Gasteiger charge is 2.15. The van der Waals surface area contributed by atoms with E-state index in [9.17, 15) is 13.6 Å². The van der Waals surface area contributed by atoms with Crippen LogP contribution in [0.1, 0.15) is 28.9 Å². The monoisotopic (exact) mass is 342 g/mol. The molecule has 0 bridgehead atoms. The Balaban J connectivity index is 2.16. The molecule has 2 aromatic rings. The van der Waals surface area contributed by atoms with Gasteiger partial charge in [0.05, 0.1) is 11.6 Å². The number of nitrogens with one attached hydrogen (secondary N) is 1. The van der Waals surface area contributed by atoms with Crippen molar-refractivity contribution in [2.75, 3.05) is 5.32 Å². The first-order valence-corrected chi connectivity index (χ1v) is 6.89. The largest absolute Gasteiger partial charge is 0.435 e. The number of aromatic nitrogens is 2. The van der Waals surface area contributed by atoms with Crippen LogP contribution in [0.4, 0.5) is 14.6 Å². The van der Waals surface area contributed by atoms with E-state index in [0.29, 0.717) is 0 Å². The smallest absolute Gasteiger partial charge is 0.387 e. The molecule has 0 radical (unpaired) electrons. The van der Waals surface area contributed by atoms with Crippen molar-refractivity contribution < 1.29 is 18.3 Å². The van der Waals surface area contributed by atoms with E-state index in [2.05, 4.69) is 20.3 Å². The average molecular weight is 343 g/mol. The van der Waals surface area contributed by atoms with E-state index in [1.165, 1.54) is 18.2 Å². The number of nitrogens with two attached hydrogens (primary N) is 1. The van der Waals surface area contributed by atoms with Gasteiger partial charge in [-0.3, -0.25) is 4.79 Å². The minimum absolute atomic E-state index is 0.0468. The van der Waals surface area contributed by atoms with E-state index in [1.807, 2.05) is 0 Å². The number of benzene rings is 1. The highest BCUT2D eigenvalue weighted by atomic mass is 35.5. The van der Waals surface area contributed by atoms with Crippen molar-refractivity contribution in [2.45, 2.75) is 19.6 Å². The van der Waals surface area contributed by atoms with Crippen LogP contribution in [0.3, 0.4) is 0 Å². The molecule has 1 aromatic carbocycles. The minimum Gasteiger partial charge on any atom is -0.435 e. The number of rotatable bonds is 6. The van der Waals surface area contributed by atoms with Crippen LogP contribution < -0.4 is 15.8 Å². The van der Waals surface area contributed by atoms with Crippen molar-refractivity contribution in [1.82, 2.24) is 10.2 Å². The molecule has 23 heavy (non-hydrogen) atoms. The molecule has 0 fully saturated rings. The predicted molar refractivity (Wildman–Crippen MR) is 80.7 cm³/mol. The second-order valence-corrected chi connectivity index (χ2v) is 4.99. The number of primary amides is 1. The Morgan fingerprint density at radius 2 is 1.96 bits per heavy atom. The number of nitrogens with zero attached hydrogens (tertiary/aromatic N) is 2. The zero-order valence-electron chi connectivity index (χ0n) is 12.0. The van der Waals surface area contributed by atoms with Crippen molar-refractivity contribution in [3.63, 3.8) is 0 Å². The molecule has 0 spiro atoms. The normalized spacial score (nSPS) is 12.0. The van der Waals surface area contributed by atoms with Crippen molar-refractivity contribution in [3.05, 3.63) is 46.6 Å². The Morgan fingerprint density at radius 1 is 1.30 bits per heavy atom. The van der Waals surface area contributed by atoms with Crippen LogP contribution in [0.5, 0.6) is 5.75 Å². The standard InChI is InChI=1S/C14H13ClF2N4O2/c1-7(8-2-4-9(5-3-8)23-14(16)17)19-13-10(12(18)22)6-11(15)20-21-13/h2-7,14H,1H3,(H2,18,22)(H,19,21). The molecule has 0 saturated carbocycles. The maximum absolute atomic E-state index is 12.1. The fourth-order valence-electron chi connectivity index (χ4n) is 1.89. The lowest BCUT2D eigenvalue weighted by Gasteiger charge is -2.16. The summed E-state index contributed by atoms with van der Waals surface area (Å²) in [5.41, 5.74) is 6.14. The second-order valence-electron chi connectivity index (χ2n) is 4.61.